The highest BCUT2D eigenvalue weighted by Crippen LogP contribution is 2.15. The van der Waals surface area contributed by atoms with Gasteiger partial charge in [-0.1, -0.05) is 6.07 Å². The Morgan fingerprint density at radius 3 is 3.00 bits per heavy atom. The second-order valence-corrected chi connectivity index (χ2v) is 4.40. The first kappa shape index (κ1) is 12.6. The molecule has 1 atom stereocenters. The summed E-state index contributed by atoms with van der Waals surface area (Å²) in [4.78, 5) is 15.2. The molecule has 96 valence electrons. The van der Waals surface area contributed by atoms with Gasteiger partial charge in [-0.15, -0.1) is 0 Å². The molecule has 2 N–H and O–H groups in total. The van der Waals surface area contributed by atoms with Crippen molar-refractivity contribution in [3.8, 4) is 0 Å². The Hall–Kier alpha value is -1.88. The van der Waals surface area contributed by atoms with Gasteiger partial charge in [-0.2, -0.15) is 0 Å². The van der Waals surface area contributed by atoms with Gasteiger partial charge in [0, 0.05) is 7.05 Å². The standard InChI is InChI=1S/C13H17N3O2/c1-14-10(13(17)18)5-3-9-4-6-12-11(7-9)15-8-16(12)2/h4,6-8,10,14H,3,5H2,1-2H3,(H,17,18). The lowest BCUT2D eigenvalue weighted by atomic mass is 10.0. The fourth-order valence-corrected chi connectivity index (χ4v) is 2.04. The SMILES string of the molecule is CNC(CCc1ccc2c(c1)ncn2C)C(=O)O. The number of carboxylic acid groups (broad SMARTS) is 1. The van der Waals surface area contributed by atoms with E-state index in [2.05, 4.69) is 10.3 Å². The number of hydrogen-bond donors (Lipinski definition) is 2. The molecule has 0 aliphatic heterocycles. The predicted molar refractivity (Wildman–Crippen MR) is 69.5 cm³/mol. The Kier molecular flexibility index (Phi) is 3.62. The summed E-state index contributed by atoms with van der Waals surface area (Å²) in [6, 6.07) is 5.57. The number of aliphatic carboxylic acids is 1. The van der Waals surface area contributed by atoms with Crippen LogP contribution in [0.3, 0.4) is 0 Å². The average molecular weight is 247 g/mol. The van der Waals surface area contributed by atoms with Crippen LogP contribution >= 0.6 is 0 Å². The fraction of sp³-hybridized carbons (Fsp3) is 0.385. The van der Waals surface area contributed by atoms with Crippen LogP contribution in [0.4, 0.5) is 0 Å². The van der Waals surface area contributed by atoms with E-state index in [1.807, 2.05) is 29.8 Å². The molecule has 0 amide bonds. The third-order valence-electron chi connectivity index (χ3n) is 3.16. The molecule has 5 nitrogen and oxygen atoms in total. The van der Waals surface area contributed by atoms with Crippen LogP contribution in [0.1, 0.15) is 12.0 Å². The molecule has 5 heteroatoms. The Bertz CT molecular complexity index is 562. The van der Waals surface area contributed by atoms with Gasteiger partial charge in [0.25, 0.3) is 0 Å². The summed E-state index contributed by atoms with van der Waals surface area (Å²) in [6.07, 6.45) is 3.08. The maximum atomic E-state index is 10.9. The zero-order valence-corrected chi connectivity index (χ0v) is 10.6. The lowest BCUT2D eigenvalue weighted by Gasteiger charge is -2.10. The van der Waals surface area contributed by atoms with E-state index in [-0.39, 0.29) is 0 Å². The molecule has 0 spiro atoms. The molecule has 2 aromatic rings. The molecular formula is C13H17N3O2. The van der Waals surface area contributed by atoms with Gasteiger partial charge in [-0.05, 0) is 37.6 Å². The number of benzene rings is 1. The van der Waals surface area contributed by atoms with Gasteiger partial charge in [0.15, 0.2) is 0 Å². The molecular weight excluding hydrogens is 230 g/mol. The number of aromatic nitrogens is 2. The van der Waals surface area contributed by atoms with Crippen LogP contribution in [-0.4, -0.2) is 33.7 Å². The number of imidazole rings is 1. The molecule has 1 unspecified atom stereocenters. The van der Waals surface area contributed by atoms with Crippen molar-refractivity contribution in [1.82, 2.24) is 14.9 Å². The van der Waals surface area contributed by atoms with E-state index in [4.69, 9.17) is 5.11 Å². The zero-order chi connectivity index (χ0) is 13.1. The Morgan fingerprint density at radius 2 is 2.33 bits per heavy atom. The van der Waals surface area contributed by atoms with Gasteiger partial charge in [0.2, 0.25) is 0 Å². The lowest BCUT2D eigenvalue weighted by Crippen LogP contribution is -2.34. The minimum absolute atomic E-state index is 0.496. The summed E-state index contributed by atoms with van der Waals surface area (Å²) in [6.45, 7) is 0. The van der Waals surface area contributed by atoms with E-state index >= 15 is 0 Å². The van der Waals surface area contributed by atoms with Crippen LogP contribution in [0.2, 0.25) is 0 Å². The topological polar surface area (TPSA) is 67.2 Å². The van der Waals surface area contributed by atoms with Crippen LogP contribution in [0.5, 0.6) is 0 Å². The maximum absolute atomic E-state index is 10.9. The number of carboxylic acids is 1. The predicted octanol–water partition coefficient (Wildman–Crippen LogP) is 1.18. The number of fused-ring (bicyclic) bond motifs is 1. The number of nitrogens with zero attached hydrogens (tertiary/aromatic N) is 2. The molecule has 2 rings (SSSR count). The third-order valence-corrected chi connectivity index (χ3v) is 3.16. The van der Waals surface area contributed by atoms with Gasteiger partial charge in [0.05, 0.1) is 17.4 Å². The normalized spacial score (nSPS) is 12.8. The van der Waals surface area contributed by atoms with Crippen molar-refractivity contribution >= 4 is 17.0 Å². The summed E-state index contributed by atoms with van der Waals surface area (Å²) in [7, 11) is 3.62. The first-order chi connectivity index (χ1) is 8.61. The summed E-state index contributed by atoms with van der Waals surface area (Å²) in [5.41, 5.74) is 3.15. The second kappa shape index (κ2) is 5.18. The molecule has 0 radical (unpaired) electrons. The number of aryl methyl sites for hydroxylation is 2. The van der Waals surface area contributed by atoms with E-state index in [1.54, 1.807) is 13.4 Å². The minimum atomic E-state index is -0.809. The summed E-state index contributed by atoms with van der Waals surface area (Å²) >= 11 is 0. The fourth-order valence-electron chi connectivity index (χ4n) is 2.04. The van der Waals surface area contributed by atoms with Crippen molar-refractivity contribution in [3.05, 3.63) is 30.1 Å². The second-order valence-electron chi connectivity index (χ2n) is 4.40. The number of rotatable bonds is 5. The van der Waals surface area contributed by atoms with Gasteiger partial charge < -0.3 is 15.0 Å². The third kappa shape index (κ3) is 2.51. The Morgan fingerprint density at radius 1 is 1.56 bits per heavy atom. The number of carbonyl (C=O) groups is 1. The van der Waals surface area contributed by atoms with Crippen molar-refractivity contribution in [2.24, 2.45) is 7.05 Å². The first-order valence-electron chi connectivity index (χ1n) is 5.92. The van der Waals surface area contributed by atoms with E-state index in [9.17, 15) is 4.79 Å². The number of likely N-dealkylation sites (N-methyl/N-ethyl adjacent to an activating group) is 1. The zero-order valence-electron chi connectivity index (χ0n) is 10.6. The van der Waals surface area contributed by atoms with Crippen LogP contribution in [-0.2, 0) is 18.3 Å². The highest BCUT2D eigenvalue weighted by Gasteiger charge is 2.14. The quantitative estimate of drug-likeness (QED) is 0.832. The summed E-state index contributed by atoms with van der Waals surface area (Å²) in [5.74, 6) is -0.809. The van der Waals surface area contributed by atoms with Gasteiger partial charge >= 0.3 is 5.97 Å². The van der Waals surface area contributed by atoms with Crippen molar-refractivity contribution in [1.29, 1.82) is 0 Å². The van der Waals surface area contributed by atoms with Gasteiger partial charge in [-0.25, -0.2) is 4.98 Å². The molecule has 0 saturated carbocycles. The van der Waals surface area contributed by atoms with Crippen LogP contribution in [0, 0.1) is 0 Å². The van der Waals surface area contributed by atoms with Crippen molar-refractivity contribution in [3.63, 3.8) is 0 Å². The molecule has 0 saturated heterocycles. The summed E-state index contributed by atoms with van der Waals surface area (Å²) < 4.78 is 1.97. The van der Waals surface area contributed by atoms with Gasteiger partial charge in [-0.3, -0.25) is 4.79 Å². The molecule has 0 aliphatic rings. The molecule has 18 heavy (non-hydrogen) atoms. The van der Waals surface area contributed by atoms with Crippen molar-refractivity contribution < 1.29 is 9.90 Å². The molecule has 0 fully saturated rings. The van der Waals surface area contributed by atoms with E-state index < -0.39 is 12.0 Å². The smallest absolute Gasteiger partial charge is 0.320 e. The van der Waals surface area contributed by atoms with E-state index in [1.165, 1.54) is 0 Å². The Balaban J connectivity index is 2.10. The van der Waals surface area contributed by atoms with Crippen LogP contribution in [0.15, 0.2) is 24.5 Å². The van der Waals surface area contributed by atoms with Gasteiger partial charge in [0.1, 0.15) is 6.04 Å². The molecule has 0 bridgehead atoms. The van der Waals surface area contributed by atoms with Crippen LogP contribution < -0.4 is 5.32 Å². The largest absolute Gasteiger partial charge is 0.480 e. The highest BCUT2D eigenvalue weighted by molar-refractivity contribution is 5.76. The Labute approximate surface area is 105 Å². The first-order valence-corrected chi connectivity index (χ1v) is 5.92. The number of nitrogens with one attached hydrogen (secondary N) is 1. The number of hydrogen-bond acceptors (Lipinski definition) is 3. The van der Waals surface area contributed by atoms with Crippen LogP contribution in [0.25, 0.3) is 11.0 Å². The van der Waals surface area contributed by atoms with Crippen molar-refractivity contribution in [2.75, 3.05) is 7.05 Å². The molecule has 0 aliphatic carbocycles. The lowest BCUT2D eigenvalue weighted by molar-refractivity contribution is -0.139. The highest BCUT2D eigenvalue weighted by atomic mass is 16.4. The van der Waals surface area contributed by atoms with E-state index in [0.29, 0.717) is 6.42 Å². The average Bonchev–Trinajstić information content (AvgIpc) is 2.71. The summed E-state index contributed by atoms with van der Waals surface area (Å²) in [5, 5.41) is 11.7. The molecule has 1 heterocycles. The monoisotopic (exact) mass is 247 g/mol. The molecule has 1 aromatic heterocycles. The van der Waals surface area contributed by atoms with E-state index in [0.717, 1.165) is 23.0 Å². The maximum Gasteiger partial charge on any atom is 0.320 e. The molecule has 1 aromatic carbocycles. The van der Waals surface area contributed by atoms with Crippen molar-refractivity contribution in [2.45, 2.75) is 18.9 Å². The minimum Gasteiger partial charge on any atom is -0.480 e.